The Balaban J connectivity index is 2.76. The highest BCUT2D eigenvalue weighted by Crippen LogP contribution is 2.21. The first-order valence-electron chi connectivity index (χ1n) is 4.21. The van der Waals surface area contributed by atoms with Gasteiger partial charge in [-0.1, -0.05) is 19.6 Å². The Bertz CT molecular complexity index is 181. The van der Waals surface area contributed by atoms with E-state index < -0.39 is 0 Å². The van der Waals surface area contributed by atoms with Crippen LogP contribution in [0.15, 0.2) is 24.4 Å². The van der Waals surface area contributed by atoms with Crippen molar-refractivity contribution in [3.05, 3.63) is 24.4 Å². The van der Waals surface area contributed by atoms with Crippen molar-refractivity contribution < 1.29 is 0 Å². The largest absolute Gasteiger partial charge is 0.372 e. The van der Waals surface area contributed by atoms with Crippen LogP contribution in [-0.4, -0.2) is 18.0 Å². The normalized spacial score (nSPS) is 32.3. The molecule has 1 aliphatic heterocycles. The highest BCUT2D eigenvalue weighted by atomic mass is 15.1. The predicted molar refractivity (Wildman–Crippen MR) is 49.3 cm³/mol. The van der Waals surface area contributed by atoms with Gasteiger partial charge in [-0.15, -0.1) is 0 Å². The summed E-state index contributed by atoms with van der Waals surface area (Å²) in [5.41, 5.74) is 1.13. The molecule has 0 aromatic heterocycles. The molecule has 1 nitrogen and oxygen atoms in total. The van der Waals surface area contributed by atoms with Gasteiger partial charge in [0.1, 0.15) is 0 Å². The van der Waals surface area contributed by atoms with Gasteiger partial charge in [0, 0.05) is 18.8 Å². The van der Waals surface area contributed by atoms with Crippen molar-refractivity contribution in [1.82, 2.24) is 4.90 Å². The number of allylic oxidation sites excluding steroid dienone is 2. The molecule has 2 atom stereocenters. The molecule has 11 heavy (non-hydrogen) atoms. The van der Waals surface area contributed by atoms with Crippen molar-refractivity contribution in [1.29, 1.82) is 0 Å². The van der Waals surface area contributed by atoms with Crippen molar-refractivity contribution in [2.45, 2.75) is 26.3 Å². The van der Waals surface area contributed by atoms with Crippen LogP contribution in [0.2, 0.25) is 0 Å². The summed E-state index contributed by atoms with van der Waals surface area (Å²) in [6.45, 7) is 8.51. The summed E-state index contributed by atoms with van der Waals surface area (Å²) in [6, 6.07) is 0.609. The molecule has 0 aromatic carbocycles. The van der Waals surface area contributed by atoms with E-state index in [1.54, 1.807) is 0 Å². The smallest absolute Gasteiger partial charge is 0.0289 e. The molecular weight excluding hydrogens is 134 g/mol. The Morgan fingerprint density at radius 2 is 2.18 bits per heavy atom. The zero-order valence-corrected chi connectivity index (χ0v) is 7.67. The molecule has 2 unspecified atom stereocenters. The minimum atomic E-state index is 0.609. The van der Waals surface area contributed by atoms with Gasteiger partial charge in [-0.05, 0) is 25.3 Å². The first-order valence-corrected chi connectivity index (χ1v) is 4.21. The summed E-state index contributed by atoms with van der Waals surface area (Å²) in [4.78, 5) is 2.24. The lowest BCUT2D eigenvalue weighted by atomic mass is 10.00. The minimum absolute atomic E-state index is 0.609. The van der Waals surface area contributed by atoms with E-state index in [4.69, 9.17) is 0 Å². The van der Waals surface area contributed by atoms with Crippen LogP contribution in [0.5, 0.6) is 0 Å². The van der Waals surface area contributed by atoms with Crippen molar-refractivity contribution >= 4 is 0 Å². The third kappa shape index (κ3) is 1.65. The van der Waals surface area contributed by atoms with Gasteiger partial charge in [0.15, 0.2) is 0 Å². The second-order valence-electron chi connectivity index (χ2n) is 3.46. The molecule has 0 fully saturated rings. The summed E-state index contributed by atoms with van der Waals surface area (Å²) in [6.07, 6.45) is 5.50. The number of likely N-dealkylation sites (N-methyl/N-ethyl adjacent to an activating group) is 1. The van der Waals surface area contributed by atoms with Crippen molar-refractivity contribution in [3.8, 4) is 0 Å². The van der Waals surface area contributed by atoms with Gasteiger partial charge in [-0.25, -0.2) is 0 Å². The van der Waals surface area contributed by atoms with Gasteiger partial charge < -0.3 is 4.90 Å². The SMILES string of the molecule is C=C1C=CCC(C)C(C)N1C. The fraction of sp³-hybridized carbons (Fsp3) is 0.600. The molecule has 1 aliphatic rings. The molecule has 0 spiro atoms. The maximum atomic E-state index is 3.98. The topological polar surface area (TPSA) is 3.24 Å². The maximum Gasteiger partial charge on any atom is 0.0289 e. The molecule has 0 aromatic rings. The average molecular weight is 151 g/mol. The molecule has 62 valence electrons. The van der Waals surface area contributed by atoms with Crippen LogP contribution in [0, 0.1) is 5.92 Å². The molecule has 0 amide bonds. The number of hydrogen-bond donors (Lipinski definition) is 0. The van der Waals surface area contributed by atoms with Gasteiger partial charge in [0.05, 0.1) is 0 Å². The van der Waals surface area contributed by atoms with E-state index in [-0.39, 0.29) is 0 Å². The lowest BCUT2D eigenvalue weighted by Gasteiger charge is -2.29. The van der Waals surface area contributed by atoms with E-state index >= 15 is 0 Å². The van der Waals surface area contributed by atoms with Gasteiger partial charge in [0.2, 0.25) is 0 Å². The monoisotopic (exact) mass is 151 g/mol. The molecule has 0 aliphatic carbocycles. The summed E-state index contributed by atoms with van der Waals surface area (Å²) >= 11 is 0. The molecule has 0 saturated carbocycles. The molecule has 0 bridgehead atoms. The third-order valence-corrected chi connectivity index (χ3v) is 2.71. The van der Waals surface area contributed by atoms with E-state index in [1.807, 2.05) is 0 Å². The maximum absolute atomic E-state index is 3.98. The van der Waals surface area contributed by atoms with Crippen molar-refractivity contribution in [2.24, 2.45) is 5.92 Å². The van der Waals surface area contributed by atoms with E-state index in [2.05, 4.69) is 44.5 Å². The summed E-state index contributed by atoms with van der Waals surface area (Å²) in [5, 5.41) is 0. The minimum Gasteiger partial charge on any atom is -0.372 e. The fourth-order valence-corrected chi connectivity index (χ4v) is 1.38. The zero-order valence-electron chi connectivity index (χ0n) is 7.67. The van der Waals surface area contributed by atoms with E-state index in [0.717, 1.165) is 11.6 Å². The Kier molecular flexibility index (Phi) is 2.38. The fourth-order valence-electron chi connectivity index (χ4n) is 1.38. The molecule has 0 saturated heterocycles. The highest BCUT2D eigenvalue weighted by Gasteiger charge is 2.18. The Hall–Kier alpha value is -0.720. The highest BCUT2D eigenvalue weighted by molar-refractivity contribution is 5.16. The number of nitrogens with zero attached hydrogens (tertiary/aromatic N) is 1. The Morgan fingerprint density at radius 1 is 1.55 bits per heavy atom. The lowest BCUT2D eigenvalue weighted by molar-refractivity contribution is 0.261. The van der Waals surface area contributed by atoms with Gasteiger partial charge in [-0.2, -0.15) is 0 Å². The van der Waals surface area contributed by atoms with Crippen LogP contribution in [-0.2, 0) is 0 Å². The number of hydrogen-bond acceptors (Lipinski definition) is 1. The quantitative estimate of drug-likeness (QED) is 0.514. The summed E-state index contributed by atoms with van der Waals surface area (Å²) in [7, 11) is 2.11. The summed E-state index contributed by atoms with van der Waals surface area (Å²) < 4.78 is 0. The molecule has 0 N–H and O–H groups in total. The molecule has 1 heteroatoms. The van der Waals surface area contributed by atoms with E-state index in [9.17, 15) is 0 Å². The van der Waals surface area contributed by atoms with Crippen molar-refractivity contribution in [3.63, 3.8) is 0 Å². The van der Waals surface area contributed by atoms with Crippen LogP contribution < -0.4 is 0 Å². The Morgan fingerprint density at radius 3 is 2.82 bits per heavy atom. The van der Waals surface area contributed by atoms with Crippen LogP contribution in [0.25, 0.3) is 0 Å². The zero-order chi connectivity index (χ0) is 8.43. The van der Waals surface area contributed by atoms with Gasteiger partial charge >= 0.3 is 0 Å². The molecule has 0 radical (unpaired) electrons. The lowest BCUT2D eigenvalue weighted by Crippen LogP contribution is -2.31. The molecular formula is C10H17N. The van der Waals surface area contributed by atoms with E-state index in [0.29, 0.717) is 6.04 Å². The Labute approximate surface area is 69.4 Å². The first-order chi connectivity index (χ1) is 5.13. The van der Waals surface area contributed by atoms with E-state index in [1.165, 1.54) is 6.42 Å². The van der Waals surface area contributed by atoms with Crippen LogP contribution in [0.1, 0.15) is 20.3 Å². The van der Waals surface area contributed by atoms with Crippen LogP contribution in [0.4, 0.5) is 0 Å². The number of rotatable bonds is 0. The van der Waals surface area contributed by atoms with Gasteiger partial charge in [-0.3, -0.25) is 0 Å². The van der Waals surface area contributed by atoms with Crippen LogP contribution in [0.3, 0.4) is 0 Å². The second kappa shape index (κ2) is 3.12. The third-order valence-electron chi connectivity index (χ3n) is 2.71. The second-order valence-corrected chi connectivity index (χ2v) is 3.46. The summed E-state index contributed by atoms with van der Waals surface area (Å²) in [5.74, 6) is 0.732. The average Bonchev–Trinajstić information content (AvgIpc) is 2.07. The van der Waals surface area contributed by atoms with Crippen molar-refractivity contribution in [2.75, 3.05) is 7.05 Å². The first kappa shape index (κ1) is 8.38. The molecule has 1 heterocycles. The van der Waals surface area contributed by atoms with Crippen LogP contribution >= 0.6 is 0 Å². The van der Waals surface area contributed by atoms with Gasteiger partial charge in [0.25, 0.3) is 0 Å². The molecule has 1 rings (SSSR count). The predicted octanol–water partition coefficient (Wildman–Crippen LogP) is 2.42. The standard InChI is InChI=1S/C10H17N/c1-8-6-5-7-9(2)11(4)10(8)3/h5,7-8,10H,2,6H2,1,3-4H3.